The third-order valence-corrected chi connectivity index (χ3v) is 1.84. The first-order valence-corrected chi connectivity index (χ1v) is 4.38. The van der Waals surface area contributed by atoms with Crippen LogP contribution in [0.4, 0.5) is 0 Å². The Bertz CT molecular complexity index is 256. The fourth-order valence-electron chi connectivity index (χ4n) is 1.09. The Morgan fingerprint density at radius 3 is 2.77 bits per heavy atom. The van der Waals surface area contributed by atoms with Crippen LogP contribution in [0.3, 0.4) is 0 Å². The van der Waals surface area contributed by atoms with E-state index in [0.29, 0.717) is 5.69 Å². The van der Waals surface area contributed by atoms with Crippen molar-refractivity contribution in [3.05, 3.63) is 29.6 Å². The SMILES string of the molecule is O=Cc1ccc(CCCCO)cn1. The average molecular weight is 179 g/mol. The number of rotatable bonds is 5. The van der Waals surface area contributed by atoms with Crippen LogP contribution in [0.5, 0.6) is 0 Å². The Hall–Kier alpha value is -1.22. The Labute approximate surface area is 77.4 Å². The van der Waals surface area contributed by atoms with Gasteiger partial charge in [0.2, 0.25) is 0 Å². The maximum atomic E-state index is 10.3. The van der Waals surface area contributed by atoms with E-state index in [9.17, 15) is 4.79 Å². The minimum Gasteiger partial charge on any atom is -0.396 e. The molecule has 0 aliphatic heterocycles. The Morgan fingerprint density at radius 1 is 1.38 bits per heavy atom. The van der Waals surface area contributed by atoms with Gasteiger partial charge in [-0.05, 0) is 30.9 Å². The number of aryl methyl sites for hydroxylation is 1. The van der Waals surface area contributed by atoms with Crippen molar-refractivity contribution < 1.29 is 9.90 Å². The van der Waals surface area contributed by atoms with Gasteiger partial charge in [-0.25, -0.2) is 0 Å². The number of carbonyl (C=O) groups excluding carboxylic acids is 1. The predicted octanol–water partition coefficient (Wildman–Crippen LogP) is 1.21. The topological polar surface area (TPSA) is 50.2 Å². The molecule has 0 spiro atoms. The molecule has 0 atom stereocenters. The number of aldehydes is 1. The van der Waals surface area contributed by atoms with Gasteiger partial charge in [0, 0.05) is 12.8 Å². The summed E-state index contributed by atoms with van der Waals surface area (Å²) in [6.07, 6.45) is 5.12. The largest absolute Gasteiger partial charge is 0.396 e. The molecule has 0 radical (unpaired) electrons. The number of hydrogen-bond donors (Lipinski definition) is 1. The van der Waals surface area contributed by atoms with Gasteiger partial charge in [0.15, 0.2) is 6.29 Å². The summed E-state index contributed by atoms with van der Waals surface area (Å²) in [6.45, 7) is 0.236. The van der Waals surface area contributed by atoms with Gasteiger partial charge in [-0.15, -0.1) is 0 Å². The lowest BCUT2D eigenvalue weighted by Crippen LogP contribution is -1.92. The Kier molecular flexibility index (Phi) is 4.12. The second-order valence-electron chi connectivity index (χ2n) is 2.89. The normalized spacial score (nSPS) is 9.92. The number of pyridine rings is 1. The van der Waals surface area contributed by atoms with E-state index in [1.54, 1.807) is 12.3 Å². The van der Waals surface area contributed by atoms with Crippen molar-refractivity contribution in [2.45, 2.75) is 19.3 Å². The van der Waals surface area contributed by atoms with Gasteiger partial charge < -0.3 is 5.11 Å². The highest BCUT2D eigenvalue weighted by Crippen LogP contribution is 2.03. The number of hydrogen-bond acceptors (Lipinski definition) is 3. The minimum atomic E-state index is 0.236. The molecule has 1 aromatic heterocycles. The number of carbonyl (C=O) groups is 1. The van der Waals surface area contributed by atoms with Crippen LogP contribution in [0.25, 0.3) is 0 Å². The highest BCUT2D eigenvalue weighted by atomic mass is 16.2. The lowest BCUT2D eigenvalue weighted by Gasteiger charge is -1.99. The van der Waals surface area contributed by atoms with Gasteiger partial charge in [-0.2, -0.15) is 0 Å². The monoisotopic (exact) mass is 179 g/mol. The zero-order valence-electron chi connectivity index (χ0n) is 7.44. The molecule has 3 nitrogen and oxygen atoms in total. The maximum Gasteiger partial charge on any atom is 0.168 e. The van der Waals surface area contributed by atoms with Crippen LogP contribution < -0.4 is 0 Å². The molecule has 0 bridgehead atoms. The zero-order valence-corrected chi connectivity index (χ0v) is 7.44. The molecule has 0 fully saturated rings. The summed E-state index contributed by atoms with van der Waals surface area (Å²) < 4.78 is 0. The summed E-state index contributed by atoms with van der Waals surface area (Å²) in [5.74, 6) is 0. The predicted molar refractivity (Wildman–Crippen MR) is 49.6 cm³/mol. The van der Waals surface area contributed by atoms with Crippen molar-refractivity contribution in [3.63, 3.8) is 0 Å². The minimum absolute atomic E-state index is 0.236. The average Bonchev–Trinajstić information content (AvgIpc) is 2.19. The molecule has 0 saturated carbocycles. The second kappa shape index (κ2) is 5.43. The van der Waals surface area contributed by atoms with E-state index in [1.165, 1.54) is 0 Å². The van der Waals surface area contributed by atoms with E-state index in [0.717, 1.165) is 31.1 Å². The molecule has 0 aromatic carbocycles. The van der Waals surface area contributed by atoms with Gasteiger partial charge in [0.1, 0.15) is 5.69 Å². The first kappa shape index (κ1) is 9.86. The van der Waals surface area contributed by atoms with Crippen molar-refractivity contribution >= 4 is 6.29 Å². The molecule has 0 saturated heterocycles. The third kappa shape index (κ3) is 3.34. The van der Waals surface area contributed by atoms with E-state index in [1.807, 2.05) is 6.07 Å². The van der Waals surface area contributed by atoms with Gasteiger partial charge in [-0.3, -0.25) is 9.78 Å². The van der Waals surface area contributed by atoms with E-state index in [4.69, 9.17) is 5.11 Å². The van der Waals surface area contributed by atoms with Crippen molar-refractivity contribution in [2.75, 3.05) is 6.61 Å². The van der Waals surface area contributed by atoms with Crippen LogP contribution in [0.15, 0.2) is 18.3 Å². The first-order valence-electron chi connectivity index (χ1n) is 4.38. The molecule has 0 amide bonds. The summed E-state index contributed by atoms with van der Waals surface area (Å²) in [6, 6.07) is 3.61. The van der Waals surface area contributed by atoms with Crippen LogP contribution in [0, 0.1) is 0 Å². The van der Waals surface area contributed by atoms with Crippen LogP contribution in [-0.4, -0.2) is 23.0 Å². The smallest absolute Gasteiger partial charge is 0.168 e. The highest BCUT2D eigenvalue weighted by Gasteiger charge is 1.94. The van der Waals surface area contributed by atoms with E-state index in [-0.39, 0.29) is 6.61 Å². The quantitative estimate of drug-likeness (QED) is 0.546. The standard InChI is InChI=1S/C10H13NO2/c12-6-2-1-3-9-4-5-10(8-13)11-7-9/h4-5,7-8,12H,1-3,6H2. The zero-order chi connectivity index (χ0) is 9.52. The fraction of sp³-hybridized carbons (Fsp3) is 0.400. The number of aliphatic hydroxyl groups excluding tert-OH is 1. The molecule has 1 rings (SSSR count). The van der Waals surface area contributed by atoms with Crippen molar-refractivity contribution in [1.82, 2.24) is 4.98 Å². The molecule has 0 aliphatic rings. The molecule has 0 aliphatic carbocycles. The molecule has 13 heavy (non-hydrogen) atoms. The van der Waals surface area contributed by atoms with Crippen LogP contribution in [0.1, 0.15) is 28.9 Å². The summed E-state index contributed by atoms with van der Waals surface area (Å²) in [5, 5.41) is 8.56. The lowest BCUT2D eigenvalue weighted by molar-refractivity contribution is 0.111. The highest BCUT2D eigenvalue weighted by molar-refractivity contribution is 5.71. The number of unbranched alkanes of at least 4 members (excludes halogenated alkanes) is 1. The van der Waals surface area contributed by atoms with Crippen LogP contribution >= 0.6 is 0 Å². The van der Waals surface area contributed by atoms with Crippen LogP contribution in [-0.2, 0) is 6.42 Å². The van der Waals surface area contributed by atoms with Gasteiger partial charge in [0.25, 0.3) is 0 Å². The van der Waals surface area contributed by atoms with Crippen molar-refractivity contribution in [3.8, 4) is 0 Å². The van der Waals surface area contributed by atoms with Crippen LogP contribution in [0.2, 0.25) is 0 Å². The third-order valence-electron chi connectivity index (χ3n) is 1.84. The first-order chi connectivity index (χ1) is 6.36. The Balaban J connectivity index is 2.44. The fourth-order valence-corrected chi connectivity index (χ4v) is 1.09. The summed E-state index contributed by atoms with van der Waals surface area (Å²) in [4.78, 5) is 14.2. The van der Waals surface area contributed by atoms with Crippen molar-refractivity contribution in [2.24, 2.45) is 0 Å². The summed E-state index contributed by atoms with van der Waals surface area (Å²) in [7, 11) is 0. The van der Waals surface area contributed by atoms with E-state index < -0.39 is 0 Å². The molecular weight excluding hydrogens is 166 g/mol. The molecule has 70 valence electrons. The summed E-state index contributed by atoms with van der Waals surface area (Å²) in [5.41, 5.74) is 1.57. The van der Waals surface area contributed by atoms with E-state index >= 15 is 0 Å². The van der Waals surface area contributed by atoms with Gasteiger partial charge in [0.05, 0.1) is 0 Å². The number of aromatic nitrogens is 1. The lowest BCUT2D eigenvalue weighted by atomic mass is 10.1. The van der Waals surface area contributed by atoms with Crippen molar-refractivity contribution in [1.29, 1.82) is 0 Å². The molecule has 1 aromatic rings. The molecule has 0 unspecified atom stereocenters. The van der Waals surface area contributed by atoms with E-state index in [2.05, 4.69) is 4.98 Å². The summed E-state index contributed by atoms with van der Waals surface area (Å²) >= 11 is 0. The maximum absolute atomic E-state index is 10.3. The molecular formula is C10H13NO2. The second-order valence-corrected chi connectivity index (χ2v) is 2.89. The molecule has 3 heteroatoms. The number of nitrogens with zero attached hydrogens (tertiary/aromatic N) is 1. The molecule has 1 N–H and O–H groups in total. The molecule has 1 heterocycles. The Morgan fingerprint density at radius 2 is 2.23 bits per heavy atom. The van der Waals surface area contributed by atoms with Gasteiger partial charge >= 0.3 is 0 Å². The number of aliphatic hydroxyl groups is 1. The van der Waals surface area contributed by atoms with Gasteiger partial charge in [-0.1, -0.05) is 6.07 Å².